The first-order chi connectivity index (χ1) is 7.17. The molecule has 4 nitrogen and oxygen atoms in total. The van der Waals surface area contributed by atoms with E-state index in [9.17, 15) is 4.39 Å². The molecule has 0 amide bonds. The summed E-state index contributed by atoms with van der Waals surface area (Å²) < 4.78 is 12.9. The van der Waals surface area contributed by atoms with Gasteiger partial charge in [0, 0.05) is 6.54 Å². The lowest BCUT2D eigenvalue weighted by molar-refractivity contribution is 0.628. The van der Waals surface area contributed by atoms with Gasteiger partial charge < -0.3 is 5.32 Å². The molecule has 4 N–H and O–H groups in total. The molecule has 0 heterocycles. The number of aliphatic imine (C=N–C) groups is 1. The van der Waals surface area contributed by atoms with E-state index in [1.165, 1.54) is 18.2 Å². The SMILES string of the molecule is CCN=C(NN)Nc1cc(F)ccc1Cl. The van der Waals surface area contributed by atoms with Crippen LogP contribution in [0.1, 0.15) is 6.92 Å². The zero-order valence-corrected chi connectivity index (χ0v) is 8.98. The Morgan fingerprint density at radius 3 is 2.93 bits per heavy atom. The van der Waals surface area contributed by atoms with Crippen LogP contribution in [-0.2, 0) is 0 Å². The van der Waals surface area contributed by atoms with Crippen molar-refractivity contribution in [2.75, 3.05) is 11.9 Å². The molecule has 6 heteroatoms. The number of nitrogens with two attached hydrogens (primary N) is 1. The number of benzene rings is 1. The van der Waals surface area contributed by atoms with Gasteiger partial charge in [-0.1, -0.05) is 11.6 Å². The molecule has 1 rings (SSSR count). The maximum atomic E-state index is 12.9. The molecule has 0 saturated heterocycles. The molecule has 0 unspecified atom stereocenters. The molecule has 0 aliphatic heterocycles. The van der Waals surface area contributed by atoms with Crippen LogP contribution in [0.25, 0.3) is 0 Å². The second kappa shape index (κ2) is 5.53. The van der Waals surface area contributed by atoms with Crippen molar-refractivity contribution >= 4 is 23.2 Å². The van der Waals surface area contributed by atoms with E-state index in [2.05, 4.69) is 15.7 Å². The van der Waals surface area contributed by atoms with Gasteiger partial charge in [0.15, 0.2) is 0 Å². The van der Waals surface area contributed by atoms with E-state index in [0.29, 0.717) is 23.2 Å². The normalized spacial score (nSPS) is 11.3. The summed E-state index contributed by atoms with van der Waals surface area (Å²) in [6.45, 7) is 2.41. The van der Waals surface area contributed by atoms with Crippen molar-refractivity contribution in [2.45, 2.75) is 6.92 Å². The summed E-state index contributed by atoms with van der Waals surface area (Å²) in [5, 5.41) is 3.18. The van der Waals surface area contributed by atoms with E-state index in [0.717, 1.165) is 0 Å². The molecule has 1 aromatic carbocycles. The van der Waals surface area contributed by atoms with E-state index >= 15 is 0 Å². The Balaban J connectivity index is 2.87. The molecule has 0 aliphatic carbocycles. The van der Waals surface area contributed by atoms with Crippen LogP contribution in [-0.4, -0.2) is 12.5 Å². The first kappa shape index (κ1) is 11.7. The minimum Gasteiger partial charge on any atom is -0.324 e. The Kier molecular flexibility index (Phi) is 4.33. The minimum absolute atomic E-state index is 0.338. The molecular formula is C9H12ClFN4. The van der Waals surface area contributed by atoms with Crippen molar-refractivity contribution in [1.82, 2.24) is 5.43 Å². The maximum Gasteiger partial charge on any atom is 0.210 e. The molecule has 0 bridgehead atoms. The van der Waals surface area contributed by atoms with E-state index in [1.807, 2.05) is 6.92 Å². The second-order valence-corrected chi connectivity index (χ2v) is 3.12. The fraction of sp³-hybridized carbons (Fsp3) is 0.222. The van der Waals surface area contributed by atoms with Gasteiger partial charge in [-0.2, -0.15) is 0 Å². The van der Waals surface area contributed by atoms with Gasteiger partial charge in [-0.3, -0.25) is 10.4 Å². The number of hydrogen-bond acceptors (Lipinski definition) is 2. The highest BCUT2D eigenvalue weighted by molar-refractivity contribution is 6.33. The number of guanidine groups is 1. The van der Waals surface area contributed by atoms with Crippen molar-refractivity contribution in [1.29, 1.82) is 0 Å². The summed E-state index contributed by atoms with van der Waals surface area (Å²) in [5.41, 5.74) is 2.77. The van der Waals surface area contributed by atoms with Crippen molar-refractivity contribution in [3.63, 3.8) is 0 Å². The number of nitrogens with one attached hydrogen (secondary N) is 2. The largest absolute Gasteiger partial charge is 0.324 e. The first-order valence-electron chi connectivity index (χ1n) is 4.40. The van der Waals surface area contributed by atoms with Crippen molar-refractivity contribution in [3.8, 4) is 0 Å². The molecule has 0 saturated carbocycles. The lowest BCUT2D eigenvalue weighted by atomic mass is 10.3. The van der Waals surface area contributed by atoms with Crippen molar-refractivity contribution in [3.05, 3.63) is 29.0 Å². The zero-order valence-electron chi connectivity index (χ0n) is 8.22. The van der Waals surface area contributed by atoms with E-state index in [1.54, 1.807) is 0 Å². The van der Waals surface area contributed by atoms with Gasteiger partial charge in [0.25, 0.3) is 0 Å². The third kappa shape index (κ3) is 3.38. The third-order valence-corrected chi connectivity index (χ3v) is 1.96. The predicted molar refractivity (Wildman–Crippen MR) is 60.3 cm³/mol. The Labute approximate surface area is 92.3 Å². The van der Waals surface area contributed by atoms with Gasteiger partial charge in [-0.15, -0.1) is 0 Å². The molecule has 0 fully saturated rings. The van der Waals surface area contributed by atoms with Gasteiger partial charge >= 0.3 is 0 Å². The maximum absolute atomic E-state index is 12.9. The fourth-order valence-electron chi connectivity index (χ4n) is 1.00. The number of anilines is 1. The monoisotopic (exact) mass is 230 g/mol. The van der Waals surface area contributed by atoms with Crippen LogP contribution in [0.4, 0.5) is 10.1 Å². The molecule has 0 spiro atoms. The molecule has 1 aromatic rings. The molecule has 0 aromatic heterocycles. The topological polar surface area (TPSA) is 62.4 Å². The predicted octanol–water partition coefficient (Wildman–Crippen LogP) is 1.73. The zero-order chi connectivity index (χ0) is 11.3. The molecular weight excluding hydrogens is 219 g/mol. The number of hydrazine groups is 1. The quantitative estimate of drug-likeness (QED) is 0.314. The van der Waals surface area contributed by atoms with Crippen molar-refractivity contribution < 1.29 is 4.39 Å². The summed E-state index contributed by atoms with van der Waals surface area (Å²) in [7, 11) is 0. The van der Waals surface area contributed by atoms with Gasteiger partial charge in [0.2, 0.25) is 5.96 Å². The van der Waals surface area contributed by atoms with Gasteiger partial charge in [0.05, 0.1) is 10.7 Å². The summed E-state index contributed by atoms with van der Waals surface area (Å²) in [4.78, 5) is 4.00. The van der Waals surface area contributed by atoms with E-state index in [-0.39, 0.29) is 5.82 Å². The van der Waals surface area contributed by atoms with Gasteiger partial charge in [0.1, 0.15) is 5.82 Å². The van der Waals surface area contributed by atoms with Crippen LogP contribution in [0, 0.1) is 5.82 Å². The Morgan fingerprint density at radius 1 is 1.60 bits per heavy atom. The molecule has 15 heavy (non-hydrogen) atoms. The lowest BCUT2D eigenvalue weighted by Crippen LogP contribution is -2.36. The number of rotatable bonds is 2. The summed E-state index contributed by atoms with van der Waals surface area (Å²) in [6, 6.07) is 4.00. The Bertz CT molecular complexity index is 367. The Hall–Kier alpha value is -1.33. The van der Waals surface area contributed by atoms with E-state index in [4.69, 9.17) is 17.4 Å². The minimum atomic E-state index is -0.380. The standard InChI is InChI=1S/C9H12ClFN4/c1-2-13-9(15-12)14-8-5-6(11)3-4-7(8)10/h3-5H,2,12H2,1H3,(H2,13,14,15). The van der Waals surface area contributed by atoms with Crippen LogP contribution in [0.2, 0.25) is 5.02 Å². The number of hydrogen-bond donors (Lipinski definition) is 3. The lowest BCUT2D eigenvalue weighted by Gasteiger charge is -2.10. The summed E-state index contributed by atoms with van der Waals surface area (Å²) in [6.07, 6.45) is 0. The molecule has 0 radical (unpaired) electrons. The molecule has 82 valence electrons. The highest BCUT2D eigenvalue weighted by Gasteiger charge is 2.03. The number of halogens is 2. The van der Waals surface area contributed by atoms with Gasteiger partial charge in [-0.25, -0.2) is 10.2 Å². The average molecular weight is 231 g/mol. The first-order valence-corrected chi connectivity index (χ1v) is 4.78. The van der Waals surface area contributed by atoms with Crippen LogP contribution >= 0.6 is 11.6 Å². The Morgan fingerprint density at radius 2 is 2.33 bits per heavy atom. The second-order valence-electron chi connectivity index (χ2n) is 2.72. The number of nitrogens with zero attached hydrogens (tertiary/aromatic N) is 1. The summed E-state index contributed by atoms with van der Waals surface area (Å²) in [5.74, 6) is 5.17. The highest BCUT2D eigenvalue weighted by atomic mass is 35.5. The summed E-state index contributed by atoms with van der Waals surface area (Å²) >= 11 is 5.84. The van der Waals surface area contributed by atoms with Crippen LogP contribution in [0.15, 0.2) is 23.2 Å². The third-order valence-electron chi connectivity index (χ3n) is 1.63. The fourth-order valence-corrected chi connectivity index (χ4v) is 1.17. The molecule has 0 aliphatic rings. The van der Waals surface area contributed by atoms with Crippen LogP contribution < -0.4 is 16.6 Å². The van der Waals surface area contributed by atoms with Gasteiger partial charge in [-0.05, 0) is 25.1 Å². The van der Waals surface area contributed by atoms with Crippen LogP contribution in [0.5, 0.6) is 0 Å². The van der Waals surface area contributed by atoms with E-state index < -0.39 is 0 Å². The average Bonchev–Trinajstić information content (AvgIpc) is 2.22. The van der Waals surface area contributed by atoms with Crippen molar-refractivity contribution in [2.24, 2.45) is 10.8 Å². The van der Waals surface area contributed by atoms with Crippen LogP contribution in [0.3, 0.4) is 0 Å². The molecule has 0 atom stereocenters. The highest BCUT2D eigenvalue weighted by Crippen LogP contribution is 2.21. The smallest absolute Gasteiger partial charge is 0.210 e.